The number of amides is 2. The van der Waals surface area contributed by atoms with Crippen molar-refractivity contribution in [3.63, 3.8) is 0 Å². The van der Waals surface area contributed by atoms with E-state index in [0.717, 1.165) is 24.3 Å². The number of carbonyl (C=O) groups is 2. The summed E-state index contributed by atoms with van der Waals surface area (Å²) in [4.78, 5) is 45.0. The molecule has 2 amide bonds. The third-order valence-corrected chi connectivity index (χ3v) is 6.93. The fourth-order valence-corrected chi connectivity index (χ4v) is 4.75. The molecule has 0 aliphatic rings. The van der Waals surface area contributed by atoms with Crippen LogP contribution in [0.1, 0.15) is 28.7 Å². The second-order valence-electron chi connectivity index (χ2n) is 10.0. The Balaban J connectivity index is 1.43. The van der Waals surface area contributed by atoms with Crippen molar-refractivity contribution in [3.05, 3.63) is 127 Å². The summed E-state index contributed by atoms with van der Waals surface area (Å²) in [5.41, 5.74) is -3.84. The molecule has 0 aliphatic carbocycles. The molecule has 0 saturated heterocycles. The highest BCUT2D eigenvalue weighted by Gasteiger charge is 2.39. The molecule has 0 aliphatic heterocycles. The number of nitro groups is 2. The highest BCUT2D eigenvalue weighted by Crippen LogP contribution is 2.40. The number of nitrogens with zero attached hydrogens (tertiary/aromatic N) is 2. The first-order valence-electron chi connectivity index (χ1n) is 13.5. The van der Waals surface area contributed by atoms with E-state index in [4.69, 9.17) is 0 Å². The molecule has 0 fully saturated rings. The lowest BCUT2D eigenvalue weighted by molar-refractivity contribution is -0.388. The van der Waals surface area contributed by atoms with Gasteiger partial charge in [0.05, 0.1) is 9.85 Å². The first-order valence-corrected chi connectivity index (χ1v) is 13.5. The standard InChI is InChI=1S/C31H22F6N4O6/c32-30(33,34)24-13-18(9-11-26(24)40(44)45)22-7-3-1-5-20(22)16-38-28(42)15-29(43)39-17-21-6-2-4-8-23(21)19-10-12-27(41(46)47)25(14-19)31(35,36)37/h1-14H,15-17H2,(H,38,42)(H,39,43). The van der Waals surface area contributed by atoms with E-state index in [0.29, 0.717) is 23.3 Å². The minimum atomic E-state index is -5.00. The van der Waals surface area contributed by atoms with Gasteiger partial charge in [-0.05, 0) is 57.6 Å². The molecule has 4 rings (SSSR count). The maximum atomic E-state index is 13.5. The molecule has 0 spiro atoms. The van der Waals surface area contributed by atoms with Gasteiger partial charge in [-0.2, -0.15) is 26.3 Å². The molecular weight excluding hydrogens is 638 g/mol. The Labute approximate surface area is 261 Å². The van der Waals surface area contributed by atoms with Crippen molar-refractivity contribution in [2.24, 2.45) is 0 Å². The Kier molecular flexibility index (Phi) is 9.92. The molecule has 10 nitrogen and oxygen atoms in total. The lowest BCUT2D eigenvalue weighted by Gasteiger charge is -2.14. The summed E-state index contributed by atoms with van der Waals surface area (Å²) in [7, 11) is 0. The first kappa shape index (κ1) is 34.1. The van der Waals surface area contributed by atoms with Gasteiger partial charge in [-0.3, -0.25) is 29.8 Å². The number of alkyl halides is 6. The topological polar surface area (TPSA) is 144 Å². The van der Waals surface area contributed by atoms with Crippen LogP contribution in [0.25, 0.3) is 22.3 Å². The van der Waals surface area contributed by atoms with E-state index in [2.05, 4.69) is 10.6 Å². The molecule has 244 valence electrons. The van der Waals surface area contributed by atoms with Gasteiger partial charge in [0, 0.05) is 25.2 Å². The lowest BCUT2D eigenvalue weighted by Crippen LogP contribution is -2.31. The van der Waals surface area contributed by atoms with Crippen LogP contribution >= 0.6 is 0 Å². The molecule has 4 aromatic rings. The Bertz CT molecular complexity index is 1730. The Morgan fingerprint density at radius 3 is 1.30 bits per heavy atom. The molecule has 0 heterocycles. The molecule has 0 saturated carbocycles. The number of halogens is 6. The highest BCUT2D eigenvalue weighted by atomic mass is 19.4. The van der Waals surface area contributed by atoms with Crippen LogP contribution in [0.4, 0.5) is 37.7 Å². The van der Waals surface area contributed by atoms with Gasteiger partial charge in [-0.15, -0.1) is 0 Å². The summed E-state index contributed by atoms with van der Waals surface area (Å²) in [6, 6.07) is 17.2. The molecule has 0 radical (unpaired) electrons. The van der Waals surface area contributed by atoms with Crippen LogP contribution in [0, 0.1) is 20.2 Å². The van der Waals surface area contributed by atoms with Crippen molar-refractivity contribution in [2.75, 3.05) is 0 Å². The maximum Gasteiger partial charge on any atom is 0.423 e. The van der Waals surface area contributed by atoms with Gasteiger partial charge in [-0.25, -0.2) is 0 Å². The second-order valence-corrected chi connectivity index (χ2v) is 10.0. The highest BCUT2D eigenvalue weighted by molar-refractivity contribution is 5.97. The van der Waals surface area contributed by atoms with E-state index in [9.17, 15) is 56.2 Å². The Morgan fingerprint density at radius 2 is 0.957 bits per heavy atom. The molecule has 16 heteroatoms. The van der Waals surface area contributed by atoms with Gasteiger partial charge in [0.15, 0.2) is 0 Å². The predicted octanol–water partition coefficient (Wildman–Crippen LogP) is 7.20. The summed E-state index contributed by atoms with van der Waals surface area (Å²) in [5.74, 6) is -1.51. The fraction of sp³-hybridized carbons (Fsp3) is 0.161. The normalized spacial score (nSPS) is 11.5. The third-order valence-electron chi connectivity index (χ3n) is 6.93. The van der Waals surface area contributed by atoms with Crippen LogP contribution in [-0.4, -0.2) is 21.7 Å². The molecule has 0 unspecified atom stereocenters. The zero-order valence-corrected chi connectivity index (χ0v) is 23.8. The number of hydrogen-bond acceptors (Lipinski definition) is 6. The number of rotatable bonds is 10. The van der Waals surface area contributed by atoms with Crippen molar-refractivity contribution in [3.8, 4) is 22.3 Å². The summed E-state index contributed by atoms with van der Waals surface area (Å²) in [6.45, 7) is -0.406. The number of nitrogens with one attached hydrogen (secondary N) is 2. The average molecular weight is 661 g/mol. The van der Waals surface area contributed by atoms with Crippen LogP contribution in [-0.2, 0) is 35.0 Å². The van der Waals surface area contributed by atoms with Gasteiger partial charge in [0.25, 0.3) is 11.4 Å². The SMILES string of the molecule is O=C(CC(=O)NCc1ccccc1-c1ccc([N+](=O)[O-])c(C(F)(F)F)c1)NCc1ccccc1-c1ccc([N+](=O)[O-])c(C(F)(F)F)c1. The minimum absolute atomic E-state index is 0.0135. The van der Waals surface area contributed by atoms with E-state index < -0.39 is 62.9 Å². The minimum Gasteiger partial charge on any atom is -0.352 e. The van der Waals surface area contributed by atoms with Crippen LogP contribution in [0.5, 0.6) is 0 Å². The summed E-state index contributed by atoms with van der Waals surface area (Å²) < 4.78 is 81.0. The van der Waals surface area contributed by atoms with Crippen LogP contribution < -0.4 is 10.6 Å². The Morgan fingerprint density at radius 1 is 0.596 bits per heavy atom. The monoisotopic (exact) mass is 660 g/mol. The van der Waals surface area contributed by atoms with Crippen molar-refractivity contribution in [1.29, 1.82) is 0 Å². The van der Waals surface area contributed by atoms with Gasteiger partial charge in [-0.1, -0.05) is 48.5 Å². The first-order chi connectivity index (χ1) is 22.1. The van der Waals surface area contributed by atoms with E-state index in [-0.39, 0.29) is 35.3 Å². The van der Waals surface area contributed by atoms with E-state index >= 15 is 0 Å². The third kappa shape index (κ3) is 8.27. The van der Waals surface area contributed by atoms with E-state index in [1.807, 2.05) is 0 Å². The number of benzene rings is 4. The van der Waals surface area contributed by atoms with Crippen molar-refractivity contribution >= 4 is 23.2 Å². The van der Waals surface area contributed by atoms with E-state index in [1.54, 1.807) is 12.1 Å². The summed E-state index contributed by atoms with van der Waals surface area (Å²) >= 11 is 0. The molecule has 4 aromatic carbocycles. The van der Waals surface area contributed by atoms with Gasteiger partial charge < -0.3 is 10.6 Å². The smallest absolute Gasteiger partial charge is 0.352 e. The average Bonchev–Trinajstić information content (AvgIpc) is 3.01. The van der Waals surface area contributed by atoms with Crippen LogP contribution in [0.3, 0.4) is 0 Å². The number of nitro benzene ring substituents is 2. The van der Waals surface area contributed by atoms with Crippen LogP contribution in [0.2, 0.25) is 0 Å². The van der Waals surface area contributed by atoms with Crippen molar-refractivity contribution < 1.29 is 45.8 Å². The lowest BCUT2D eigenvalue weighted by atomic mass is 9.97. The Hall–Kier alpha value is -5.80. The van der Waals surface area contributed by atoms with Gasteiger partial charge >= 0.3 is 12.4 Å². The molecule has 2 N–H and O–H groups in total. The van der Waals surface area contributed by atoms with Crippen LogP contribution in [0.15, 0.2) is 84.9 Å². The molecule has 0 aromatic heterocycles. The predicted molar refractivity (Wildman–Crippen MR) is 155 cm³/mol. The number of hydrogen-bond donors (Lipinski definition) is 2. The van der Waals surface area contributed by atoms with Gasteiger partial charge in [0.2, 0.25) is 11.8 Å². The molecule has 0 bridgehead atoms. The maximum absolute atomic E-state index is 13.5. The number of carbonyl (C=O) groups excluding carboxylic acids is 2. The molecule has 0 atom stereocenters. The molecular formula is C31H22F6N4O6. The molecule has 47 heavy (non-hydrogen) atoms. The second kappa shape index (κ2) is 13.7. The largest absolute Gasteiger partial charge is 0.423 e. The van der Waals surface area contributed by atoms with E-state index in [1.165, 1.54) is 36.4 Å². The zero-order chi connectivity index (χ0) is 34.5. The van der Waals surface area contributed by atoms with Gasteiger partial charge in [0.1, 0.15) is 17.5 Å². The zero-order valence-electron chi connectivity index (χ0n) is 23.8. The quantitative estimate of drug-likeness (QED) is 0.0797. The van der Waals surface area contributed by atoms with Crippen molar-refractivity contribution in [1.82, 2.24) is 10.6 Å². The summed E-state index contributed by atoms with van der Waals surface area (Å²) in [6.07, 6.45) is -10.7. The fourth-order valence-electron chi connectivity index (χ4n) is 4.75. The summed E-state index contributed by atoms with van der Waals surface area (Å²) in [5, 5.41) is 27.2. The van der Waals surface area contributed by atoms with Crippen molar-refractivity contribution in [2.45, 2.75) is 31.9 Å².